The van der Waals surface area contributed by atoms with Crippen molar-refractivity contribution in [1.82, 2.24) is 5.32 Å². The van der Waals surface area contributed by atoms with Crippen molar-refractivity contribution in [3.8, 4) is 0 Å². The average molecular weight is 248 g/mol. The van der Waals surface area contributed by atoms with Crippen LogP contribution in [0.1, 0.15) is 39.5 Å². The van der Waals surface area contributed by atoms with Gasteiger partial charge in [0.05, 0.1) is 6.10 Å². The van der Waals surface area contributed by atoms with Gasteiger partial charge >= 0.3 is 0 Å². The molecule has 0 saturated carbocycles. The van der Waals surface area contributed by atoms with Crippen LogP contribution >= 0.6 is 11.6 Å². The highest BCUT2D eigenvalue weighted by Gasteiger charge is 2.19. The zero-order valence-electron chi connectivity index (χ0n) is 10.2. The molecule has 1 saturated heterocycles. The van der Waals surface area contributed by atoms with Gasteiger partial charge in [0.25, 0.3) is 0 Å². The number of alkyl halides is 1. The standard InChI is InChI=1S/C12H22ClNO2/c1-9(2)11(8-13)14-12(15)6-5-10-4-3-7-16-10/h9-11H,3-8H2,1-2H3,(H,14,15). The molecule has 0 aromatic rings. The zero-order valence-corrected chi connectivity index (χ0v) is 10.9. The molecule has 2 unspecified atom stereocenters. The number of hydrogen-bond acceptors (Lipinski definition) is 2. The Morgan fingerprint density at radius 1 is 1.56 bits per heavy atom. The summed E-state index contributed by atoms with van der Waals surface area (Å²) in [5, 5.41) is 2.96. The van der Waals surface area contributed by atoms with Crippen molar-refractivity contribution in [3.63, 3.8) is 0 Å². The number of halogens is 1. The molecule has 1 rings (SSSR count). The summed E-state index contributed by atoms with van der Waals surface area (Å²) in [6.07, 6.45) is 3.89. The molecule has 2 atom stereocenters. The van der Waals surface area contributed by atoms with Gasteiger partial charge in [-0.15, -0.1) is 11.6 Å². The highest BCUT2D eigenvalue weighted by atomic mass is 35.5. The first-order chi connectivity index (χ1) is 7.63. The van der Waals surface area contributed by atoms with E-state index in [1.54, 1.807) is 0 Å². The maximum Gasteiger partial charge on any atom is 0.220 e. The molecule has 0 spiro atoms. The Balaban J connectivity index is 2.18. The van der Waals surface area contributed by atoms with Crippen LogP contribution in [0.2, 0.25) is 0 Å². The first-order valence-corrected chi connectivity index (χ1v) is 6.64. The van der Waals surface area contributed by atoms with Crippen LogP contribution in [0.25, 0.3) is 0 Å². The number of carbonyl (C=O) groups is 1. The van der Waals surface area contributed by atoms with Gasteiger partial charge in [0.15, 0.2) is 0 Å². The van der Waals surface area contributed by atoms with E-state index in [0.717, 1.165) is 25.9 Å². The molecule has 1 N–H and O–H groups in total. The molecule has 0 radical (unpaired) electrons. The highest BCUT2D eigenvalue weighted by molar-refractivity contribution is 6.18. The molecule has 1 amide bonds. The highest BCUT2D eigenvalue weighted by Crippen LogP contribution is 2.16. The molecule has 4 heteroatoms. The Kier molecular flexibility index (Phi) is 6.14. The van der Waals surface area contributed by atoms with Crippen LogP contribution in [0.15, 0.2) is 0 Å². The molecule has 1 aliphatic heterocycles. The largest absolute Gasteiger partial charge is 0.378 e. The van der Waals surface area contributed by atoms with E-state index < -0.39 is 0 Å². The molecule has 94 valence electrons. The maximum atomic E-state index is 11.6. The van der Waals surface area contributed by atoms with Crippen LogP contribution in [-0.2, 0) is 9.53 Å². The minimum absolute atomic E-state index is 0.0821. The third kappa shape index (κ3) is 4.71. The summed E-state index contributed by atoms with van der Waals surface area (Å²) in [7, 11) is 0. The molecular weight excluding hydrogens is 226 g/mol. The molecular formula is C12H22ClNO2. The van der Waals surface area contributed by atoms with E-state index in [9.17, 15) is 4.79 Å². The minimum Gasteiger partial charge on any atom is -0.378 e. The number of ether oxygens (including phenoxy) is 1. The van der Waals surface area contributed by atoms with E-state index in [0.29, 0.717) is 24.3 Å². The predicted octanol–water partition coefficient (Wildman–Crippen LogP) is 2.33. The summed E-state index contributed by atoms with van der Waals surface area (Å²) < 4.78 is 5.48. The lowest BCUT2D eigenvalue weighted by atomic mass is 10.1. The van der Waals surface area contributed by atoms with Gasteiger partial charge in [-0.3, -0.25) is 4.79 Å². The summed E-state index contributed by atoms with van der Waals surface area (Å²) in [6, 6.07) is 0.0821. The number of nitrogens with one attached hydrogen (secondary N) is 1. The molecule has 1 aliphatic rings. The Morgan fingerprint density at radius 3 is 2.81 bits per heavy atom. The second-order valence-corrected chi connectivity index (χ2v) is 5.05. The van der Waals surface area contributed by atoms with Gasteiger partial charge in [-0.2, -0.15) is 0 Å². The first-order valence-electron chi connectivity index (χ1n) is 6.10. The van der Waals surface area contributed by atoms with Gasteiger partial charge < -0.3 is 10.1 Å². The van der Waals surface area contributed by atoms with E-state index in [4.69, 9.17) is 16.3 Å². The SMILES string of the molecule is CC(C)C(CCl)NC(=O)CCC1CCCO1. The van der Waals surface area contributed by atoms with Crippen molar-refractivity contribution >= 4 is 17.5 Å². The second kappa shape index (κ2) is 7.13. The quantitative estimate of drug-likeness (QED) is 0.732. The van der Waals surface area contributed by atoms with Gasteiger partial charge in [0.1, 0.15) is 0 Å². The fourth-order valence-corrected chi connectivity index (χ4v) is 2.26. The fourth-order valence-electron chi connectivity index (χ4n) is 1.83. The molecule has 3 nitrogen and oxygen atoms in total. The van der Waals surface area contributed by atoms with Gasteiger partial charge in [-0.25, -0.2) is 0 Å². The van der Waals surface area contributed by atoms with E-state index in [1.165, 1.54) is 0 Å². The molecule has 0 aromatic heterocycles. The smallest absolute Gasteiger partial charge is 0.220 e. The number of rotatable bonds is 6. The lowest BCUT2D eigenvalue weighted by Gasteiger charge is -2.20. The van der Waals surface area contributed by atoms with Crippen molar-refractivity contribution in [2.45, 2.75) is 51.7 Å². The molecule has 16 heavy (non-hydrogen) atoms. The van der Waals surface area contributed by atoms with Crippen LogP contribution in [-0.4, -0.2) is 30.5 Å². The van der Waals surface area contributed by atoms with Gasteiger partial charge in [0.2, 0.25) is 5.91 Å². The lowest BCUT2D eigenvalue weighted by molar-refractivity contribution is -0.122. The average Bonchev–Trinajstić information content (AvgIpc) is 2.75. The van der Waals surface area contributed by atoms with Crippen molar-refractivity contribution in [3.05, 3.63) is 0 Å². The van der Waals surface area contributed by atoms with Crippen LogP contribution in [0, 0.1) is 5.92 Å². The topological polar surface area (TPSA) is 38.3 Å². The van der Waals surface area contributed by atoms with Crippen LogP contribution in [0.5, 0.6) is 0 Å². The van der Waals surface area contributed by atoms with E-state index in [1.807, 2.05) is 0 Å². The summed E-state index contributed by atoms with van der Waals surface area (Å²) in [5.41, 5.74) is 0. The fraction of sp³-hybridized carbons (Fsp3) is 0.917. The zero-order chi connectivity index (χ0) is 12.0. The second-order valence-electron chi connectivity index (χ2n) is 4.75. The van der Waals surface area contributed by atoms with Gasteiger partial charge in [-0.05, 0) is 25.2 Å². The molecule has 1 heterocycles. The summed E-state index contributed by atoms with van der Waals surface area (Å²) >= 11 is 5.79. The van der Waals surface area contributed by atoms with Crippen molar-refractivity contribution in [1.29, 1.82) is 0 Å². The van der Waals surface area contributed by atoms with E-state index in [-0.39, 0.29) is 11.9 Å². The Hall–Kier alpha value is -0.280. The third-order valence-electron chi connectivity index (χ3n) is 3.03. The van der Waals surface area contributed by atoms with Crippen LogP contribution in [0.3, 0.4) is 0 Å². The van der Waals surface area contributed by atoms with E-state index >= 15 is 0 Å². The molecule has 0 aromatic carbocycles. The van der Waals surface area contributed by atoms with Gasteiger partial charge in [-0.1, -0.05) is 13.8 Å². The minimum atomic E-state index is 0.0821. The summed E-state index contributed by atoms with van der Waals surface area (Å²) in [4.78, 5) is 11.6. The monoisotopic (exact) mass is 247 g/mol. The summed E-state index contributed by atoms with van der Waals surface area (Å²) in [5.74, 6) is 0.947. The predicted molar refractivity (Wildman–Crippen MR) is 65.7 cm³/mol. The Labute approximate surface area is 103 Å². The maximum absolute atomic E-state index is 11.6. The Morgan fingerprint density at radius 2 is 2.31 bits per heavy atom. The Bertz CT molecular complexity index is 215. The first kappa shape index (κ1) is 13.8. The molecule has 0 bridgehead atoms. The van der Waals surface area contributed by atoms with Gasteiger partial charge in [0, 0.05) is 24.9 Å². The normalized spacial score (nSPS) is 22.4. The van der Waals surface area contributed by atoms with Crippen LogP contribution < -0.4 is 5.32 Å². The van der Waals surface area contributed by atoms with Crippen molar-refractivity contribution < 1.29 is 9.53 Å². The lowest BCUT2D eigenvalue weighted by Crippen LogP contribution is -2.40. The molecule has 1 fully saturated rings. The van der Waals surface area contributed by atoms with E-state index in [2.05, 4.69) is 19.2 Å². The number of amides is 1. The number of hydrogen-bond donors (Lipinski definition) is 1. The number of carbonyl (C=O) groups excluding carboxylic acids is 1. The van der Waals surface area contributed by atoms with Crippen molar-refractivity contribution in [2.75, 3.05) is 12.5 Å². The molecule has 0 aliphatic carbocycles. The van der Waals surface area contributed by atoms with Crippen molar-refractivity contribution in [2.24, 2.45) is 5.92 Å². The summed E-state index contributed by atoms with van der Waals surface area (Å²) in [6.45, 7) is 4.98. The van der Waals surface area contributed by atoms with Crippen LogP contribution in [0.4, 0.5) is 0 Å². The third-order valence-corrected chi connectivity index (χ3v) is 3.37.